The molecule has 0 fully saturated rings. The molecule has 0 spiro atoms. The average molecular weight is 253 g/mol. The van der Waals surface area contributed by atoms with E-state index >= 15 is 0 Å². The zero-order chi connectivity index (χ0) is 12.1. The number of fused-ring (bicyclic) bond motifs is 1. The van der Waals surface area contributed by atoms with Gasteiger partial charge in [0.2, 0.25) is 0 Å². The van der Waals surface area contributed by atoms with E-state index in [0.29, 0.717) is 0 Å². The number of nitrogens with one attached hydrogen (secondary N) is 1. The van der Waals surface area contributed by atoms with Gasteiger partial charge in [0.05, 0.1) is 0 Å². The molecule has 0 radical (unpaired) electrons. The quantitative estimate of drug-likeness (QED) is 0.635. The Morgan fingerprint density at radius 3 is 3.06 bits per heavy atom. The molecule has 0 atom stereocenters. The number of hydrogen-bond acceptors (Lipinski definition) is 3. The van der Waals surface area contributed by atoms with E-state index in [1.165, 1.54) is 5.56 Å². The number of aromatic nitrogens is 1. The molecule has 0 amide bonds. The Morgan fingerprint density at radius 2 is 2.24 bits per heavy atom. The molecule has 3 nitrogen and oxygen atoms in total. The van der Waals surface area contributed by atoms with Crippen molar-refractivity contribution < 1.29 is 4.42 Å². The van der Waals surface area contributed by atoms with Crippen LogP contribution in [0.15, 0.2) is 22.6 Å². The first-order chi connectivity index (χ1) is 8.29. The van der Waals surface area contributed by atoms with Gasteiger partial charge in [-0.05, 0) is 43.6 Å². The van der Waals surface area contributed by atoms with E-state index in [4.69, 9.17) is 16.0 Å². The van der Waals surface area contributed by atoms with E-state index in [1.807, 2.05) is 13.0 Å². The number of alkyl halides is 1. The van der Waals surface area contributed by atoms with Crippen LogP contribution in [0.2, 0.25) is 0 Å². The van der Waals surface area contributed by atoms with Gasteiger partial charge in [-0.1, -0.05) is 6.07 Å². The standard InChI is InChI=1S/C13H17ClN2O/c1-10-16-12-4-3-11(9-13(12)17-10)5-8-15-7-2-6-14/h3-4,9,15H,2,5-8H2,1H3. The van der Waals surface area contributed by atoms with Crippen LogP contribution < -0.4 is 5.32 Å². The lowest BCUT2D eigenvalue weighted by atomic mass is 10.1. The van der Waals surface area contributed by atoms with Crippen LogP contribution in [0.1, 0.15) is 17.9 Å². The molecular formula is C13H17ClN2O. The summed E-state index contributed by atoms with van der Waals surface area (Å²) in [5, 5.41) is 3.36. The number of hydrogen-bond donors (Lipinski definition) is 1. The minimum absolute atomic E-state index is 0.719. The van der Waals surface area contributed by atoms with E-state index in [1.54, 1.807) is 0 Å². The lowest BCUT2D eigenvalue weighted by Crippen LogP contribution is -2.18. The number of oxazole rings is 1. The summed E-state index contributed by atoms with van der Waals surface area (Å²) < 4.78 is 5.50. The maximum Gasteiger partial charge on any atom is 0.192 e. The number of nitrogens with zero attached hydrogens (tertiary/aromatic N) is 1. The zero-order valence-corrected chi connectivity index (χ0v) is 10.8. The molecule has 17 heavy (non-hydrogen) atoms. The summed E-state index contributed by atoms with van der Waals surface area (Å²) >= 11 is 5.61. The molecule has 1 aromatic carbocycles. The molecule has 2 aromatic rings. The van der Waals surface area contributed by atoms with Gasteiger partial charge in [-0.15, -0.1) is 11.6 Å². The maximum absolute atomic E-state index is 5.61. The van der Waals surface area contributed by atoms with Crippen molar-refractivity contribution in [3.63, 3.8) is 0 Å². The Morgan fingerprint density at radius 1 is 1.35 bits per heavy atom. The van der Waals surface area contributed by atoms with E-state index in [9.17, 15) is 0 Å². The fourth-order valence-corrected chi connectivity index (χ4v) is 1.92. The molecule has 0 bridgehead atoms. The van der Waals surface area contributed by atoms with Gasteiger partial charge in [-0.25, -0.2) is 4.98 Å². The fourth-order valence-electron chi connectivity index (χ4n) is 1.79. The second kappa shape index (κ2) is 6.03. The highest BCUT2D eigenvalue weighted by Crippen LogP contribution is 2.16. The second-order valence-electron chi connectivity index (χ2n) is 4.08. The molecular weight excluding hydrogens is 236 g/mol. The minimum atomic E-state index is 0.719. The van der Waals surface area contributed by atoms with Gasteiger partial charge < -0.3 is 9.73 Å². The smallest absolute Gasteiger partial charge is 0.192 e. The Bertz CT molecular complexity index is 481. The Balaban J connectivity index is 1.90. The summed E-state index contributed by atoms with van der Waals surface area (Å²) in [5.41, 5.74) is 3.08. The molecule has 92 valence electrons. The molecule has 1 N–H and O–H groups in total. The Labute approximate surface area is 106 Å². The van der Waals surface area contributed by atoms with E-state index in [0.717, 1.165) is 48.8 Å². The predicted molar refractivity (Wildman–Crippen MR) is 70.7 cm³/mol. The molecule has 1 aromatic heterocycles. The minimum Gasteiger partial charge on any atom is -0.441 e. The first kappa shape index (κ1) is 12.4. The molecule has 0 saturated heterocycles. The molecule has 0 saturated carbocycles. The van der Waals surface area contributed by atoms with Crippen LogP contribution in [0.5, 0.6) is 0 Å². The van der Waals surface area contributed by atoms with Crippen LogP contribution in [0, 0.1) is 6.92 Å². The van der Waals surface area contributed by atoms with Crippen molar-refractivity contribution in [2.24, 2.45) is 0 Å². The third kappa shape index (κ3) is 3.45. The predicted octanol–water partition coefficient (Wildman–Crippen LogP) is 2.90. The van der Waals surface area contributed by atoms with Crippen LogP contribution >= 0.6 is 11.6 Å². The topological polar surface area (TPSA) is 38.1 Å². The van der Waals surface area contributed by atoms with E-state index < -0.39 is 0 Å². The third-order valence-electron chi connectivity index (χ3n) is 2.64. The van der Waals surface area contributed by atoms with E-state index in [-0.39, 0.29) is 0 Å². The van der Waals surface area contributed by atoms with Gasteiger partial charge in [-0.3, -0.25) is 0 Å². The number of benzene rings is 1. The fraction of sp³-hybridized carbons (Fsp3) is 0.462. The van der Waals surface area contributed by atoms with Crippen LogP contribution in [0.3, 0.4) is 0 Å². The van der Waals surface area contributed by atoms with Gasteiger partial charge in [-0.2, -0.15) is 0 Å². The van der Waals surface area contributed by atoms with Gasteiger partial charge >= 0.3 is 0 Å². The molecule has 0 aliphatic carbocycles. The van der Waals surface area contributed by atoms with Crippen LogP contribution in [0.25, 0.3) is 11.1 Å². The van der Waals surface area contributed by atoms with Crippen molar-refractivity contribution >= 4 is 22.7 Å². The summed E-state index contributed by atoms with van der Waals surface area (Å²) in [6, 6.07) is 6.19. The molecule has 0 aliphatic rings. The first-order valence-electron chi connectivity index (χ1n) is 5.92. The van der Waals surface area contributed by atoms with Crippen molar-refractivity contribution in [1.82, 2.24) is 10.3 Å². The first-order valence-corrected chi connectivity index (χ1v) is 6.46. The lowest BCUT2D eigenvalue weighted by molar-refractivity contribution is 0.560. The zero-order valence-electron chi connectivity index (χ0n) is 10.0. The number of rotatable bonds is 6. The van der Waals surface area contributed by atoms with Crippen LogP contribution in [-0.2, 0) is 6.42 Å². The molecule has 1 heterocycles. The number of aryl methyl sites for hydroxylation is 1. The summed E-state index contributed by atoms with van der Waals surface area (Å²) in [4.78, 5) is 4.28. The highest BCUT2D eigenvalue weighted by Gasteiger charge is 2.02. The third-order valence-corrected chi connectivity index (χ3v) is 2.90. The van der Waals surface area contributed by atoms with Crippen molar-refractivity contribution in [2.75, 3.05) is 19.0 Å². The van der Waals surface area contributed by atoms with Gasteiger partial charge in [0.15, 0.2) is 11.5 Å². The average Bonchev–Trinajstić information content (AvgIpc) is 2.68. The largest absolute Gasteiger partial charge is 0.441 e. The van der Waals surface area contributed by atoms with Crippen molar-refractivity contribution in [1.29, 1.82) is 0 Å². The SMILES string of the molecule is Cc1nc2ccc(CCNCCCCl)cc2o1. The molecule has 0 unspecified atom stereocenters. The van der Waals surface area contributed by atoms with Crippen molar-refractivity contribution in [3.05, 3.63) is 29.7 Å². The summed E-state index contributed by atoms with van der Waals surface area (Å²) in [6.45, 7) is 3.82. The van der Waals surface area contributed by atoms with Crippen molar-refractivity contribution in [3.8, 4) is 0 Å². The Hall–Kier alpha value is -1.06. The van der Waals surface area contributed by atoms with E-state index in [2.05, 4.69) is 22.4 Å². The van der Waals surface area contributed by atoms with Crippen LogP contribution in [-0.4, -0.2) is 24.0 Å². The molecule has 0 aliphatic heterocycles. The molecule has 2 rings (SSSR count). The second-order valence-corrected chi connectivity index (χ2v) is 4.46. The normalized spacial score (nSPS) is 11.2. The summed E-state index contributed by atoms with van der Waals surface area (Å²) in [6.07, 6.45) is 2.01. The maximum atomic E-state index is 5.61. The van der Waals surface area contributed by atoms with Crippen LogP contribution in [0.4, 0.5) is 0 Å². The van der Waals surface area contributed by atoms with Crippen molar-refractivity contribution in [2.45, 2.75) is 19.8 Å². The number of halogens is 1. The molecule has 4 heteroatoms. The van der Waals surface area contributed by atoms with Gasteiger partial charge in [0.25, 0.3) is 0 Å². The highest BCUT2D eigenvalue weighted by atomic mass is 35.5. The van der Waals surface area contributed by atoms with Gasteiger partial charge in [0, 0.05) is 12.8 Å². The Kier molecular flexibility index (Phi) is 4.40. The van der Waals surface area contributed by atoms with Gasteiger partial charge in [0.1, 0.15) is 5.52 Å². The lowest BCUT2D eigenvalue weighted by Gasteiger charge is -2.03. The monoisotopic (exact) mass is 252 g/mol. The highest BCUT2D eigenvalue weighted by molar-refractivity contribution is 6.17. The summed E-state index contributed by atoms with van der Waals surface area (Å²) in [5.74, 6) is 1.44. The summed E-state index contributed by atoms with van der Waals surface area (Å²) in [7, 11) is 0.